The van der Waals surface area contributed by atoms with Gasteiger partial charge in [-0.1, -0.05) is 35.9 Å². The summed E-state index contributed by atoms with van der Waals surface area (Å²) in [6.07, 6.45) is 0. The number of nitrogens with one attached hydrogen (secondary N) is 1. The molecule has 2 aromatic carbocycles. The van der Waals surface area contributed by atoms with E-state index in [1.165, 1.54) is 0 Å². The van der Waals surface area contributed by atoms with Gasteiger partial charge in [0.1, 0.15) is 0 Å². The van der Waals surface area contributed by atoms with Gasteiger partial charge in [-0.05, 0) is 62.2 Å². The first-order valence-electron chi connectivity index (χ1n) is 10.8. The van der Waals surface area contributed by atoms with Crippen LogP contribution in [0, 0.1) is 5.92 Å². The number of aromatic nitrogens is 2. The van der Waals surface area contributed by atoms with Crippen molar-refractivity contribution in [3.05, 3.63) is 70.9 Å². The van der Waals surface area contributed by atoms with E-state index in [-0.39, 0.29) is 17.4 Å². The normalized spacial score (nSPS) is 14.7. The number of hydrogen-bond acceptors (Lipinski definition) is 4. The minimum Gasteiger partial charge on any atom is -0.481 e. The van der Waals surface area contributed by atoms with Crippen molar-refractivity contribution in [1.29, 1.82) is 0 Å². The third-order valence-corrected chi connectivity index (χ3v) is 5.89. The Morgan fingerprint density at radius 1 is 1.09 bits per heavy atom. The molecule has 4 rings (SSSR count). The zero-order chi connectivity index (χ0) is 23.8. The number of benzene rings is 2. The lowest BCUT2D eigenvalue weighted by molar-refractivity contribution is -0.147. The number of amides is 1. The van der Waals surface area contributed by atoms with E-state index in [2.05, 4.69) is 15.3 Å². The van der Waals surface area contributed by atoms with E-state index >= 15 is 0 Å². The highest BCUT2D eigenvalue weighted by Gasteiger charge is 2.32. The predicted molar refractivity (Wildman–Crippen MR) is 128 cm³/mol. The molecule has 33 heavy (non-hydrogen) atoms. The Labute approximate surface area is 198 Å². The molecule has 0 saturated carbocycles. The van der Waals surface area contributed by atoms with Gasteiger partial charge in [-0.25, -0.2) is 0 Å². The molecule has 7 nitrogen and oxygen atoms in total. The van der Waals surface area contributed by atoms with E-state index < -0.39 is 5.97 Å². The van der Waals surface area contributed by atoms with Crippen LogP contribution in [0.2, 0.25) is 5.02 Å². The number of rotatable bonds is 6. The Hall–Kier alpha value is -3.16. The van der Waals surface area contributed by atoms with Crippen LogP contribution in [0.3, 0.4) is 0 Å². The highest BCUT2D eigenvalue weighted by Crippen LogP contribution is 2.28. The Bertz CT molecular complexity index is 1160. The van der Waals surface area contributed by atoms with Gasteiger partial charge in [0, 0.05) is 30.3 Å². The largest absolute Gasteiger partial charge is 0.481 e. The first kappa shape index (κ1) is 23.0. The van der Waals surface area contributed by atoms with Crippen molar-refractivity contribution < 1.29 is 14.7 Å². The maximum absolute atomic E-state index is 12.9. The van der Waals surface area contributed by atoms with Crippen molar-refractivity contribution in [3.8, 4) is 11.3 Å². The second-order valence-electron chi connectivity index (χ2n) is 9.38. The van der Waals surface area contributed by atoms with Crippen LogP contribution >= 0.6 is 11.6 Å². The second-order valence-corrected chi connectivity index (χ2v) is 9.82. The zero-order valence-electron chi connectivity index (χ0n) is 18.9. The predicted octanol–water partition coefficient (Wildman–Crippen LogP) is 4.73. The van der Waals surface area contributed by atoms with Crippen LogP contribution < -0.4 is 5.32 Å². The Morgan fingerprint density at radius 2 is 1.73 bits per heavy atom. The van der Waals surface area contributed by atoms with E-state index in [9.17, 15) is 9.59 Å². The smallest absolute Gasteiger partial charge is 0.309 e. The molecule has 1 aliphatic rings. The number of carboxylic acid groups (broad SMARTS) is 1. The van der Waals surface area contributed by atoms with Crippen LogP contribution in [-0.4, -0.2) is 44.8 Å². The number of likely N-dealkylation sites (tertiary alicyclic amines) is 1. The third kappa shape index (κ3) is 5.26. The molecule has 3 aromatic rings. The molecule has 1 fully saturated rings. The molecule has 1 amide bonds. The molecule has 1 aromatic heterocycles. The van der Waals surface area contributed by atoms with Crippen molar-refractivity contribution in [2.24, 2.45) is 5.92 Å². The number of carbonyl (C=O) groups is 2. The van der Waals surface area contributed by atoms with Crippen LogP contribution in [0.5, 0.6) is 0 Å². The average Bonchev–Trinajstić information content (AvgIpc) is 3.18. The molecule has 1 saturated heterocycles. The molecule has 2 heterocycles. The van der Waals surface area contributed by atoms with Crippen molar-refractivity contribution in [2.75, 3.05) is 18.4 Å². The van der Waals surface area contributed by atoms with Crippen LogP contribution in [0.1, 0.15) is 36.8 Å². The Kier molecular flexibility index (Phi) is 6.28. The quantitative estimate of drug-likeness (QED) is 0.548. The van der Waals surface area contributed by atoms with Gasteiger partial charge in [0.05, 0.1) is 17.2 Å². The van der Waals surface area contributed by atoms with Gasteiger partial charge in [0.2, 0.25) is 0 Å². The van der Waals surface area contributed by atoms with Crippen LogP contribution in [-0.2, 0) is 16.9 Å². The molecular formula is C25H27ClN4O3. The number of aliphatic carboxylic acids is 1. The molecule has 0 spiro atoms. The summed E-state index contributed by atoms with van der Waals surface area (Å²) in [6, 6.07) is 16.8. The third-order valence-electron chi connectivity index (χ3n) is 5.64. The summed E-state index contributed by atoms with van der Waals surface area (Å²) in [5.74, 6) is -1.29. The van der Waals surface area contributed by atoms with E-state index in [1.54, 1.807) is 6.07 Å². The first-order valence-corrected chi connectivity index (χ1v) is 11.2. The first-order chi connectivity index (χ1) is 15.6. The number of carboxylic acids is 1. The van der Waals surface area contributed by atoms with Gasteiger partial charge in [-0.15, -0.1) is 0 Å². The molecule has 0 radical (unpaired) electrons. The summed E-state index contributed by atoms with van der Waals surface area (Å²) < 4.78 is 1.85. The van der Waals surface area contributed by atoms with Gasteiger partial charge in [0.15, 0.2) is 5.69 Å². The van der Waals surface area contributed by atoms with Gasteiger partial charge in [0.25, 0.3) is 5.91 Å². The second kappa shape index (κ2) is 9.00. The van der Waals surface area contributed by atoms with Gasteiger partial charge >= 0.3 is 5.97 Å². The minimum atomic E-state index is -0.738. The van der Waals surface area contributed by atoms with Crippen molar-refractivity contribution in [2.45, 2.75) is 32.9 Å². The number of anilines is 1. The van der Waals surface area contributed by atoms with E-state index in [4.69, 9.17) is 16.7 Å². The molecule has 0 bridgehead atoms. The fraction of sp³-hybridized carbons (Fsp3) is 0.320. The molecule has 8 heteroatoms. The maximum Gasteiger partial charge on any atom is 0.309 e. The number of nitrogens with zero attached hydrogens (tertiary/aromatic N) is 3. The van der Waals surface area contributed by atoms with E-state index in [0.717, 1.165) is 16.8 Å². The molecule has 172 valence electrons. The molecule has 0 unspecified atom stereocenters. The topological polar surface area (TPSA) is 87.5 Å². The van der Waals surface area contributed by atoms with Crippen LogP contribution in [0.4, 0.5) is 5.69 Å². The summed E-state index contributed by atoms with van der Waals surface area (Å²) in [4.78, 5) is 26.0. The lowest BCUT2D eigenvalue weighted by Crippen LogP contribution is -2.49. The summed E-state index contributed by atoms with van der Waals surface area (Å²) in [6.45, 7) is 7.95. The zero-order valence-corrected chi connectivity index (χ0v) is 19.6. The monoisotopic (exact) mass is 466 g/mol. The number of carbonyl (C=O) groups excluding carboxylic acids is 1. The van der Waals surface area contributed by atoms with Crippen LogP contribution in [0.25, 0.3) is 11.3 Å². The lowest BCUT2D eigenvalue weighted by Gasteiger charge is -2.36. The molecule has 1 aliphatic heterocycles. The standard InChI is InChI=1S/C25H27ClN4O3/c1-25(2,3)30-22(17-6-8-19(26)9-7-17)12-21(28-30)23(31)27-20-10-4-16(5-11-20)13-29-14-18(15-29)24(32)33/h4-12,18H,13-15H2,1-3H3,(H,27,31)(H,32,33). The number of halogens is 1. The van der Waals surface area contributed by atoms with Crippen molar-refractivity contribution in [1.82, 2.24) is 14.7 Å². The summed E-state index contributed by atoms with van der Waals surface area (Å²) >= 11 is 6.03. The SMILES string of the molecule is CC(C)(C)n1nc(C(=O)Nc2ccc(CN3CC(C(=O)O)C3)cc2)cc1-c1ccc(Cl)cc1. The highest BCUT2D eigenvalue weighted by atomic mass is 35.5. The van der Waals surface area contributed by atoms with Gasteiger partial charge in [-0.2, -0.15) is 5.10 Å². The number of hydrogen-bond donors (Lipinski definition) is 2. The molecule has 2 N–H and O–H groups in total. The molecular weight excluding hydrogens is 440 g/mol. The van der Waals surface area contributed by atoms with E-state index in [0.29, 0.717) is 36.0 Å². The Morgan fingerprint density at radius 3 is 2.30 bits per heavy atom. The van der Waals surface area contributed by atoms with Gasteiger partial charge < -0.3 is 10.4 Å². The highest BCUT2D eigenvalue weighted by molar-refractivity contribution is 6.30. The minimum absolute atomic E-state index is 0.269. The lowest BCUT2D eigenvalue weighted by atomic mass is 9.99. The Balaban J connectivity index is 1.46. The summed E-state index contributed by atoms with van der Waals surface area (Å²) in [5, 5.41) is 17.1. The fourth-order valence-electron chi connectivity index (χ4n) is 3.83. The van der Waals surface area contributed by atoms with Crippen molar-refractivity contribution >= 4 is 29.2 Å². The summed E-state index contributed by atoms with van der Waals surface area (Å²) in [5.41, 5.74) is 3.54. The summed E-state index contributed by atoms with van der Waals surface area (Å²) in [7, 11) is 0. The fourth-order valence-corrected chi connectivity index (χ4v) is 3.96. The molecule has 0 atom stereocenters. The maximum atomic E-state index is 12.9. The van der Waals surface area contributed by atoms with Crippen LogP contribution in [0.15, 0.2) is 54.6 Å². The van der Waals surface area contributed by atoms with Crippen molar-refractivity contribution in [3.63, 3.8) is 0 Å². The molecule has 0 aliphatic carbocycles. The average molecular weight is 467 g/mol. The van der Waals surface area contributed by atoms with Gasteiger partial charge in [-0.3, -0.25) is 19.2 Å². The van der Waals surface area contributed by atoms with E-state index in [1.807, 2.05) is 74.0 Å².